The van der Waals surface area contributed by atoms with Gasteiger partial charge in [-0.25, -0.2) is 9.18 Å². The van der Waals surface area contributed by atoms with Crippen molar-refractivity contribution in [2.75, 3.05) is 25.7 Å². The van der Waals surface area contributed by atoms with Crippen LogP contribution in [0.25, 0.3) is 0 Å². The Balaban J connectivity index is 1.97. The Morgan fingerprint density at radius 2 is 2.00 bits per heavy atom. The van der Waals surface area contributed by atoms with E-state index in [-0.39, 0.29) is 17.7 Å². The molecule has 1 aliphatic heterocycles. The molecule has 0 radical (unpaired) electrons. The number of esters is 1. The maximum atomic E-state index is 14.3. The highest BCUT2D eigenvalue weighted by Crippen LogP contribution is 2.40. The summed E-state index contributed by atoms with van der Waals surface area (Å²) in [5.41, 5.74) is 1.57. The first-order valence-electron chi connectivity index (χ1n) is 7.97. The number of hydrogen-bond donors (Lipinski definition) is 0. The number of carbonyl (C=O) groups is 1. The SMILES string of the molecule is COC(=O)c1ccc(N2CC(OC)CC2c2ccccc2Cl)cc1F. The largest absolute Gasteiger partial charge is 0.465 e. The molecule has 1 saturated heterocycles. The summed E-state index contributed by atoms with van der Waals surface area (Å²) in [4.78, 5) is 13.6. The molecular formula is C19H19ClFNO3. The van der Waals surface area contributed by atoms with Gasteiger partial charge >= 0.3 is 5.97 Å². The van der Waals surface area contributed by atoms with E-state index in [4.69, 9.17) is 16.3 Å². The van der Waals surface area contributed by atoms with Gasteiger partial charge in [-0.2, -0.15) is 0 Å². The van der Waals surface area contributed by atoms with Gasteiger partial charge in [0.1, 0.15) is 5.82 Å². The topological polar surface area (TPSA) is 38.8 Å². The van der Waals surface area contributed by atoms with Crippen LogP contribution in [-0.2, 0) is 9.47 Å². The predicted octanol–water partition coefficient (Wildman–Crippen LogP) is 4.23. The predicted molar refractivity (Wildman–Crippen MR) is 94.7 cm³/mol. The van der Waals surface area contributed by atoms with Crippen LogP contribution in [0.3, 0.4) is 0 Å². The summed E-state index contributed by atoms with van der Waals surface area (Å²) in [6, 6.07) is 12.1. The van der Waals surface area contributed by atoms with Crippen LogP contribution in [0.4, 0.5) is 10.1 Å². The molecule has 0 aromatic heterocycles. The van der Waals surface area contributed by atoms with Crippen LogP contribution < -0.4 is 4.90 Å². The van der Waals surface area contributed by atoms with Crippen LogP contribution in [0.15, 0.2) is 42.5 Å². The van der Waals surface area contributed by atoms with Gasteiger partial charge in [0.05, 0.1) is 24.8 Å². The van der Waals surface area contributed by atoms with Gasteiger partial charge in [0.15, 0.2) is 0 Å². The van der Waals surface area contributed by atoms with Crippen molar-refractivity contribution in [2.24, 2.45) is 0 Å². The van der Waals surface area contributed by atoms with E-state index in [1.165, 1.54) is 19.2 Å². The molecule has 0 aliphatic carbocycles. The quantitative estimate of drug-likeness (QED) is 0.762. The second-order valence-corrected chi connectivity index (χ2v) is 6.35. The van der Waals surface area contributed by atoms with Gasteiger partial charge < -0.3 is 14.4 Å². The molecule has 2 atom stereocenters. The third kappa shape index (κ3) is 3.48. The maximum absolute atomic E-state index is 14.3. The zero-order chi connectivity index (χ0) is 18.0. The third-order valence-electron chi connectivity index (χ3n) is 4.55. The average molecular weight is 364 g/mol. The van der Waals surface area contributed by atoms with Gasteiger partial charge in [-0.05, 0) is 36.2 Å². The lowest BCUT2D eigenvalue weighted by molar-refractivity contribution is 0.0595. The summed E-state index contributed by atoms with van der Waals surface area (Å²) in [7, 11) is 2.89. The summed E-state index contributed by atoms with van der Waals surface area (Å²) in [6.45, 7) is 0.614. The van der Waals surface area contributed by atoms with Gasteiger partial charge in [-0.1, -0.05) is 29.8 Å². The van der Waals surface area contributed by atoms with Crippen LogP contribution in [0, 0.1) is 5.82 Å². The minimum absolute atomic E-state index is 0.0182. The Bertz CT molecular complexity index is 783. The monoisotopic (exact) mass is 363 g/mol. The lowest BCUT2D eigenvalue weighted by atomic mass is 10.0. The zero-order valence-electron chi connectivity index (χ0n) is 14.0. The summed E-state index contributed by atoms with van der Waals surface area (Å²) in [5, 5.41) is 0.668. The van der Waals surface area contributed by atoms with Gasteiger partial charge in [0.2, 0.25) is 0 Å². The van der Waals surface area contributed by atoms with Crippen molar-refractivity contribution in [2.45, 2.75) is 18.6 Å². The van der Waals surface area contributed by atoms with Crippen molar-refractivity contribution in [3.05, 3.63) is 64.4 Å². The molecular weight excluding hydrogens is 345 g/mol. The van der Waals surface area contributed by atoms with E-state index in [1.54, 1.807) is 13.2 Å². The van der Waals surface area contributed by atoms with E-state index in [0.717, 1.165) is 12.0 Å². The molecule has 6 heteroatoms. The number of halogens is 2. The highest BCUT2D eigenvalue weighted by Gasteiger charge is 2.34. The van der Waals surface area contributed by atoms with Crippen molar-refractivity contribution in [3.8, 4) is 0 Å². The van der Waals surface area contributed by atoms with Crippen molar-refractivity contribution in [3.63, 3.8) is 0 Å². The number of ether oxygens (including phenoxy) is 2. The van der Waals surface area contributed by atoms with Crippen LogP contribution in [0.1, 0.15) is 28.4 Å². The summed E-state index contributed by atoms with van der Waals surface area (Å²) >= 11 is 6.36. The Hall–Kier alpha value is -2.11. The number of methoxy groups -OCH3 is 2. The average Bonchev–Trinajstić information content (AvgIpc) is 3.05. The first-order valence-corrected chi connectivity index (χ1v) is 8.34. The van der Waals surface area contributed by atoms with Crippen LogP contribution in [0.2, 0.25) is 5.02 Å². The molecule has 4 nitrogen and oxygen atoms in total. The van der Waals surface area contributed by atoms with Gasteiger partial charge in [-0.3, -0.25) is 0 Å². The van der Waals surface area contributed by atoms with E-state index in [9.17, 15) is 9.18 Å². The molecule has 2 aromatic rings. The van der Waals surface area contributed by atoms with E-state index in [0.29, 0.717) is 17.3 Å². The maximum Gasteiger partial charge on any atom is 0.340 e. The normalized spacial score (nSPS) is 19.9. The minimum Gasteiger partial charge on any atom is -0.465 e. The number of nitrogens with zero attached hydrogens (tertiary/aromatic N) is 1. The summed E-state index contributed by atoms with van der Waals surface area (Å²) in [6.07, 6.45) is 0.769. The fourth-order valence-corrected chi connectivity index (χ4v) is 3.51. The standard InChI is InChI=1S/C19H19ClFNO3/c1-24-13-10-18(14-5-3-4-6-16(14)20)22(11-13)12-7-8-15(17(21)9-12)19(23)25-2/h3-9,13,18H,10-11H2,1-2H3. The Morgan fingerprint density at radius 1 is 1.24 bits per heavy atom. The Labute approximate surface area is 151 Å². The summed E-state index contributed by atoms with van der Waals surface area (Å²) < 4.78 is 24.4. The van der Waals surface area contributed by atoms with Crippen LogP contribution in [-0.4, -0.2) is 32.8 Å². The lowest BCUT2D eigenvalue weighted by Crippen LogP contribution is -2.25. The number of benzene rings is 2. The van der Waals surface area contributed by atoms with Gasteiger partial charge in [0.25, 0.3) is 0 Å². The van der Waals surface area contributed by atoms with Crippen LogP contribution >= 0.6 is 11.6 Å². The molecule has 3 rings (SSSR count). The lowest BCUT2D eigenvalue weighted by Gasteiger charge is -2.27. The molecule has 25 heavy (non-hydrogen) atoms. The third-order valence-corrected chi connectivity index (χ3v) is 4.89. The van der Waals surface area contributed by atoms with Crippen molar-refractivity contribution >= 4 is 23.3 Å². The van der Waals surface area contributed by atoms with Crippen molar-refractivity contribution in [1.29, 1.82) is 0 Å². The number of hydrogen-bond acceptors (Lipinski definition) is 4. The first-order chi connectivity index (χ1) is 12.0. The number of rotatable bonds is 4. The molecule has 0 bridgehead atoms. The molecule has 1 aliphatic rings. The minimum atomic E-state index is -0.692. The van der Waals surface area contributed by atoms with E-state index < -0.39 is 11.8 Å². The summed E-state index contributed by atoms with van der Waals surface area (Å²) in [5.74, 6) is -1.30. The molecule has 1 fully saturated rings. The van der Waals surface area contributed by atoms with E-state index in [2.05, 4.69) is 9.64 Å². The molecule has 0 saturated carbocycles. The first kappa shape index (κ1) is 17.7. The van der Waals surface area contributed by atoms with Gasteiger partial charge in [-0.15, -0.1) is 0 Å². The van der Waals surface area contributed by atoms with E-state index >= 15 is 0 Å². The molecule has 132 valence electrons. The smallest absolute Gasteiger partial charge is 0.340 e. The Kier molecular flexibility index (Phi) is 5.25. The van der Waals surface area contributed by atoms with Crippen LogP contribution in [0.5, 0.6) is 0 Å². The molecule has 0 amide bonds. The van der Waals surface area contributed by atoms with Crippen molar-refractivity contribution < 1.29 is 18.7 Å². The Morgan fingerprint density at radius 3 is 2.64 bits per heavy atom. The van der Waals surface area contributed by atoms with Crippen molar-refractivity contribution in [1.82, 2.24) is 0 Å². The second-order valence-electron chi connectivity index (χ2n) is 5.94. The zero-order valence-corrected chi connectivity index (χ0v) is 14.8. The fraction of sp³-hybridized carbons (Fsp3) is 0.316. The molecule has 0 N–H and O–H groups in total. The molecule has 0 spiro atoms. The van der Waals surface area contributed by atoms with E-state index in [1.807, 2.05) is 24.3 Å². The number of anilines is 1. The highest BCUT2D eigenvalue weighted by molar-refractivity contribution is 6.31. The molecule has 2 unspecified atom stereocenters. The second kappa shape index (κ2) is 7.42. The van der Waals surface area contributed by atoms with Gasteiger partial charge in [0, 0.05) is 24.4 Å². The molecule has 1 heterocycles. The fourth-order valence-electron chi connectivity index (χ4n) is 3.25. The molecule has 2 aromatic carbocycles. The number of carbonyl (C=O) groups excluding carboxylic acids is 1. The highest BCUT2D eigenvalue weighted by atomic mass is 35.5.